The van der Waals surface area contributed by atoms with Crippen LogP contribution in [-0.4, -0.2) is 24.4 Å². The molecule has 1 aliphatic rings. The molecule has 2 unspecified atom stereocenters. The molecule has 1 N–H and O–H groups in total. The Balaban J connectivity index is 2.02. The molecule has 1 fully saturated rings. The number of rotatable bonds is 3. The molecular weight excluding hydrogens is 214 g/mol. The highest BCUT2D eigenvalue weighted by Gasteiger charge is 2.24. The average molecular weight is 228 g/mol. The van der Waals surface area contributed by atoms with Crippen molar-refractivity contribution in [3.8, 4) is 0 Å². The van der Waals surface area contributed by atoms with Crippen LogP contribution in [0.1, 0.15) is 12.0 Å². The van der Waals surface area contributed by atoms with E-state index in [0.29, 0.717) is 18.8 Å². The van der Waals surface area contributed by atoms with Gasteiger partial charge < -0.3 is 9.84 Å². The molecule has 1 saturated heterocycles. The van der Waals surface area contributed by atoms with Crippen LogP contribution in [0.15, 0.2) is 18.2 Å². The van der Waals surface area contributed by atoms with E-state index in [4.69, 9.17) is 4.74 Å². The minimum absolute atomic E-state index is 0.0597. The molecular formula is C12H14F2O2. The first-order valence-electron chi connectivity index (χ1n) is 5.36. The molecule has 4 heteroatoms. The second kappa shape index (κ2) is 4.89. The number of hydrogen-bond donors (Lipinski definition) is 1. The Bertz CT molecular complexity index is 362. The van der Waals surface area contributed by atoms with Gasteiger partial charge in [0.25, 0.3) is 0 Å². The number of benzene rings is 1. The summed E-state index contributed by atoms with van der Waals surface area (Å²) in [5.74, 6) is -1.14. The molecule has 0 radical (unpaired) electrons. The molecule has 2 nitrogen and oxygen atoms in total. The van der Waals surface area contributed by atoms with Crippen LogP contribution in [0.25, 0.3) is 0 Å². The van der Waals surface area contributed by atoms with Crippen molar-refractivity contribution in [1.29, 1.82) is 0 Å². The van der Waals surface area contributed by atoms with Crippen LogP contribution in [0.2, 0.25) is 0 Å². The van der Waals surface area contributed by atoms with Crippen LogP contribution in [0.5, 0.6) is 0 Å². The van der Waals surface area contributed by atoms with Crippen molar-refractivity contribution < 1.29 is 18.6 Å². The van der Waals surface area contributed by atoms with Gasteiger partial charge in [-0.15, -0.1) is 0 Å². The summed E-state index contributed by atoms with van der Waals surface area (Å²) in [6.45, 7) is 1.16. The average Bonchev–Trinajstić information content (AvgIpc) is 2.75. The smallest absolute Gasteiger partial charge is 0.129 e. The van der Waals surface area contributed by atoms with Gasteiger partial charge in [0.15, 0.2) is 0 Å². The van der Waals surface area contributed by atoms with Crippen molar-refractivity contribution in [1.82, 2.24) is 0 Å². The highest BCUT2D eigenvalue weighted by Crippen LogP contribution is 2.21. The second-order valence-corrected chi connectivity index (χ2v) is 4.13. The van der Waals surface area contributed by atoms with E-state index < -0.39 is 17.7 Å². The standard InChI is InChI=1S/C12H14F2O2/c13-10-2-1-8(11(14)6-10)5-12(15)9-3-4-16-7-9/h1-2,6,9,12,15H,3-5,7H2. The topological polar surface area (TPSA) is 29.5 Å². The molecule has 1 heterocycles. The van der Waals surface area contributed by atoms with Crippen molar-refractivity contribution in [2.45, 2.75) is 18.9 Å². The van der Waals surface area contributed by atoms with E-state index in [0.717, 1.165) is 12.5 Å². The lowest BCUT2D eigenvalue weighted by atomic mass is 9.95. The predicted molar refractivity (Wildman–Crippen MR) is 55.0 cm³/mol. The summed E-state index contributed by atoms with van der Waals surface area (Å²) in [5, 5.41) is 9.86. The summed E-state index contributed by atoms with van der Waals surface area (Å²) in [4.78, 5) is 0. The van der Waals surface area contributed by atoms with Crippen molar-refractivity contribution in [3.05, 3.63) is 35.4 Å². The summed E-state index contributed by atoms with van der Waals surface area (Å²) >= 11 is 0. The fraction of sp³-hybridized carbons (Fsp3) is 0.500. The molecule has 0 amide bonds. The normalized spacial score (nSPS) is 22.3. The molecule has 0 aliphatic carbocycles. The zero-order valence-electron chi connectivity index (χ0n) is 8.83. The van der Waals surface area contributed by atoms with Gasteiger partial charge in [-0.3, -0.25) is 0 Å². The van der Waals surface area contributed by atoms with Gasteiger partial charge in [-0.05, 0) is 18.1 Å². The molecule has 0 spiro atoms. The number of ether oxygens (including phenoxy) is 1. The predicted octanol–water partition coefficient (Wildman–Crippen LogP) is 1.90. The van der Waals surface area contributed by atoms with Crippen LogP contribution < -0.4 is 0 Å². The van der Waals surface area contributed by atoms with E-state index >= 15 is 0 Å². The van der Waals surface area contributed by atoms with Crippen LogP contribution in [0, 0.1) is 17.6 Å². The summed E-state index contributed by atoms with van der Waals surface area (Å²) in [6.07, 6.45) is 0.381. The first-order chi connectivity index (χ1) is 7.66. The lowest BCUT2D eigenvalue weighted by Gasteiger charge is -2.16. The van der Waals surface area contributed by atoms with Gasteiger partial charge in [0.1, 0.15) is 11.6 Å². The van der Waals surface area contributed by atoms with Crippen LogP contribution in [0.3, 0.4) is 0 Å². The molecule has 88 valence electrons. The fourth-order valence-corrected chi connectivity index (χ4v) is 1.94. The van der Waals surface area contributed by atoms with E-state index in [2.05, 4.69) is 0 Å². The first-order valence-corrected chi connectivity index (χ1v) is 5.36. The van der Waals surface area contributed by atoms with E-state index in [-0.39, 0.29) is 12.3 Å². The van der Waals surface area contributed by atoms with Gasteiger partial charge in [-0.1, -0.05) is 6.07 Å². The van der Waals surface area contributed by atoms with E-state index in [1.807, 2.05) is 0 Å². The molecule has 1 aromatic carbocycles. The maximum atomic E-state index is 13.3. The molecule has 0 saturated carbocycles. The Labute approximate surface area is 92.9 Å². The van der Waals surface area contributed by atoms with Crippen molar-refractivity contribution in [3.63, 3.8) is 0 Å². The van der Waals surface area contributed by atoms with Crippen LogP contribution in [-0.2, 0) is 11.2 Å². The van der Waals surface area contributed by atoms with Gasteiger partial charge in [0.05, 0.1) is 12.7 Å². The number of aliphatic hydroxyl groups is 1. The van der Waals surface area contributed by atoms with Gasteiger partial charge in [-0.2, -0.15) is 0 Å². The zero-order valence-corrected chi connectivity index (χ0v) is 8.83. The number of halogens is 2. The summed E-state index contributed by atoms with van der Waals surface area (Å²) in [6, 6.07) is 3.42. The van der Waals surface area contributed by atoms with Gasteiger partial charge in [0, 0.05) is 25.0 Å². The molecule has 2 atom stereocenters. The second-order valence-electron chi connectivity index (χ2n) is 4.13. The summed E-state index contributed by atoms with van der Waals surface area (Å²) in [5.41, 5.74) is 0.348. The summed E-state index contributed by atoms with van der Waals surface area (Å²) in [7, 11) is 0. The highest BCUT2D eigenvalue weighted by atomic mass is 19.1. The SMILES string of the molecule is OC(Cc1ccc(F)cc1F)C1CCOC1. The summed E-state index contributed by atoms with van der Waals surface area (Å²) < 4.78 is 31.1. The van der Waals surface area contributed by atoms with Gasteiger partial charge >= 0.3 is 0 Å². The molecule has 0 bridgehead atoms. The Kier molecular flexibility index (Phi) is 3.51. The van der Waals surface area contributed by atoms with Crippen LogP contribution >= 0.6 is 0 Å². The van der Waals surface area contributed by atoms with E-state index in [1.165, 1.54) is 12.1 Å². The Morgan fingerprint density at radius 3 is 2.88 bits per heavy atom. The number of hydrogen-bond acceptors (Lipinski definition) is 2. The molecule has 2 rings (SSSR count). The zero-order chi connectivity index (χ0) is 11.5. The molecule has 16 heavy (non-hydrogen) atoms. The third-order valence-corrected chi connectivity index (χ3v) is 2.95. The van der Waals surface area contributed by atoms with Gasteiger partial charge in [0.2, 0.25) is 0 Å². The maximum Gasteiger partial charge on any atom is 0.129 e. The molecule has 1 aromatic rings. The minimum atomic E-state index is -0.623. The van der Waals surface area contributed by atoms with Crippen molar-refractivity contribution >= 4 is 0 Å². The minimum Gasteiger partial charge on any atom is -0.392 e. The Hall–Kier alpha value is -1.00. The van der Waals surface area contributed by atoms with E-state index in [9.17, 15) is 13.9 Å². The molecule has 0 aromatic heterocycles. The van der Waals surface area contributed by atoms with Crippen molar-refractivity contribution in [2.24, 2.45) is 5.92 Å². The lowest BCUT2D eigenvalue weighted by molar-refractivity contribution is 0.0911. The van der Waals surface area contributed by atoms with Crippen LogP contribution in [0.4, 0.5) is 8.78 Å². The molecule has 1 aliphatic heterocycles. The third-order valence-electron chi connectivity index (χ3n) is 2.95. The monoisotopic (exact) mass is 228 g/mol. The number of aliphatic hydroxyl groups excluding tert-OH is 1. The lowest BCUT2D eigenvalue weighted by Crippen LogP contribution is -2.23. The highest BCUT2D eigenvalue weighted by molar-refractivity contribution is 5.19. The Morgan fingerprint density at radius 1 is 1.44 bits per heavy atom. The first kappa shape index (κ1) is 11.5. The largest absolute Gasteiger partial charge is 0.392 e. The Morgan fingerprint density at radius 2 is 2.25 bits per heavy atom. The quantitative estimate of drug-likeness (QED) is 0.856. The van der Waals surface area contributed by atoms with Gasteiger partial charge in [-0.25, -0.2) is 8.78 Å². The van der Waals surface area contributed by atoms with Crippen molar-refractivity contribution in [2.75, 3.05) is 13.2 Å². The third kappa shape index (κ3) is 2.57. The fourth-order valence-electron chi connectivity index (χ4n) is 1.94. The maximum absolute atomic E-state index is 13.3. The van der Waals surface area contributed by atoms with E-state index in [1.54, 1.807) is 0 Å².